The van der Waals surface area contributed by atoms with Crippen molar-refractivity contribution < 1.29 is 4.79 Å². The first kappa shape index (κ1) is 17.5. The number of carbonyl (C=O) groups excluding carboxylic acids is 1. The molecule has 1 aromatic rings. The van der Waals surface area contributed by atoms with E-state index in [1.165, 1.54) is 0 Å². The van der Waals surface area contributed by atoms with Gasteiger partial charge >= 0.3 is 0 Å². The fraction of sp³-hybridized carbons (Fsp3) is 0.647. The number of aromatic nitrogens is 1. The third-order valence-electron chi connectivity index (χ3n) is 3.32. The summed E-state index contributed by atoms with van der Waals surface area (Å²) in [6.07, 6.45) is 1.96. The lowest BCUT2D eigenvalue weighted by atomic mass is 10.1. The third-order valence-corrected chi connectivity index (χ3v) is 3.32. The van der Waals surface area contributed by atoms with E-state index in [0.717, 1.165) is 49.6 Å². The van der Waals surface area contributed by atoms with Gasteiger partial charge in [-0.25, -0.2) is 4.98 Å². The van der Waals surface area contributed by atoms with Crippen LogP contribution in [0, 0.1) is 0 Å². The molecule has 1 heterocycles. The Hall–Kier alpha value is -1.58. The number of hydrogen-bond donors (Lipinski definition) is 1. The van der Waals surface area contributed by atoms with E-state index in [1.54, 1.807) is 0 Å². The molecule has 4 heteroatoms. The SMILES string of the molecule is CCCN(CCC)C(=O)c1cc(NCC)nc(C(C)C)c1. The molecule has 1 aromatic heterocycles. The average Bonchev–Trinajstić information content (AvgIpc) is 2.46. The standard InChI is InChI=1S/C17H29N3O/c1-6-9-20(10-7-2)17(21)14-11-15(13(4)5)19-16(12-14)18-8-3/h11-13H,6-10H2,1-5H3,(H,18,19). The Morgan fingerprint density at radius 2 is 1.81 bits per heavy atom. The van der Waals surface area contributed by atoms with Gasteiger partial charge in [-0.15, -0.1) is 0 Å². The highest BCUT2D eigenvalue weighted by atomic mass is 16.2. The van der Waals surface area contributed by atoms with Gasteiger partial charge < -0.3 is 10.2 Å². The van der Waals surface area contributed by atoms with Gasteiger partial charge in [0.1, 0.15) is 5.82 Å². The molecule has 0 aliphatic carbocycles. The normalized spacial score (nSPS) is 10.8. The maximum Gasteiger partial charge on any atom is 0.254 e. The summed E-state index contributed by atoms with van der Waals surface area (Å²) in [6.45, 7) is 12.9. The zero-order valence-electron chi connectivity index (χ0n) is 14.1. The number of carbonyl (C=O) groups is 1. The number of anilines is 1. The summed E-state index contributed by atoms with van der Waals surface area (Å²) in [4.78, 5) is 19.2. The summed E-state index contributed by atoms with van der Waals surface area (Å²) >= 11 is 0. The number of rotatable bonds is 8. The van der Waals surface area contributed by atoms with Crippen LogP contribution in [0.25, 0.3) is 0 Å². The van der Waals surface area contributed by atoms with Crippen LogP contribution in [-0.4, -0.2) is 35.4 Å². The van der Waals surface area contributed by atoms with Gasteiger partial charge in [-0.2, -0.15) is 0 Å². The van der Waals surface area contributed by atoms with Gasteiger partial charge in [0.15, 0.2) is 0 Å². The van der Waals surface area contributed by atoms with Crippen LogP contribution >= 0.6 is 0 Å². The van der Waals surface area contributed by atoms with Crippen molar-refractivity contribution in [3.05, 3.63) is 23.4 Å². The van der Waals surface area contributed by atoms with Crippen molar-refractivity contribution >= 4 is 11.7 Å². The number of nitrogens with one attached hydrogen (secondary N) is 1. The summed E-state index contributed by atoms with van der Waals surface area (Å²) in [7, 11) is 0. The zero-order valence-corrected chi connectivity index (χ0v) is 14.1. The molecule has 118 valence electrons. The van der Waals surface area contributed by atoms with Crippen LogP contribution in [0.5, 0.6) is 0 Å². The van der Waals surface area contributed by atoms with Gasteiger partial charge in [-0.05, 0) is 37.8 Å². The lowest BCUT2D eigenvalue weighted by Gasteiger charge is -2.22. The molecular formula is C17H29N3O. The number of hydrogen-bond acceptors (Lipinski definition) is 3. The second-order valence-corrected chi connectivity index (χ2v) is 5.64. The van der Waals surface area contributed by atoms with E-state index in [0.29, 0.717) is 5.92 Å². The quantitative estimate of drug-likeness (QED) is 0.790. The molecule has 0 radical (unpaired) electrons. The fourth-order valence-corrected chi connectivity index (χ4v) is 2.28. The second-order valence-electron chi connectivity index (χ2n) is 5.64. The van der Waals surface area contributed by atoms with Gasteiger partial charge in [0, 0.05) is 30.9 Å². The Morgan fingerprint density at radius 3 is 2.29 bits per heavy atom. The molecule has 0 aliphatic heterocycles. The fourth-order valence-electron chi connectivity index (χ4n) is 2.28. The van der Waals surface area contributed by atoms with Crippen LogP contribution in [0.4, 0.5) is 5.82 Å². The zero-order chi connectivity index (χ0) is 15.8. The minimum absolute atomic E-state index is 0.113. The molecule has 0 aromatic carbocycles. The minimum atomic E-state index is 0.113. The molecule has 0 aliphatic rings. The highest BCUT2D eigenvalue weighted by molar-refractivity contribution is 5.95. The van der Waals surface area contributed by atoms with E-state index in [4.69, 9.17) is 0 Å². The molecule has 0 saturated carbocycles. The Labute approximate surface area is 129 Å². The molecule has 0 spiro atoms. The van der Waals surface area contributed by atoms with Gasteiger partial charge in [0.2, 0.25) is 0 Å². The summed E-state index contributed by atoms with van der Waals surface area (Å²) in [5, 5.41) is 3.22. The van der Waals surface area contributed by atoms with E-state index in [2.05, 4.69) is 38.0 Å². The topological polar surface area (TPSA) is 45.2 Å². The molecule has 0 saturated heterocycles. The molecule has 21 heavy (non-hydrogen) atoms. The number of pyridine rings is 1. The summed E-state index contributed by atoms with van der Waals surface area (Å²) in [5.74, 6) is 1.21. The Balaban J connectivity index is 3.10. The van der Waals surface area contributed by atoms with Gasteiger partial charge in [-0.3, -0.25) is 4.79 Å². The van der Waals surface area contributed by atoms with Crippen molar-refractivity contribution in [2.45, 2.75) is 53.4 Å². The van der Waals surface area contributed by atoms with Crippen molar-refractivity contribution in [1.82, 2.24) is 9.88 Å². The van der Waals surface area contributed by atoms with E-state index in [1.807, 2.05) is 24.0 Å². The monoisotopic (exact) mass is 291 g/mol. The van der Waals surface area contributed by atoms with Crippen LogP contribution in [-0.2, 0) is 0 Å². The predicted molar refractivity (Wildman–Crippen MR) is 89.0 cm³/mol. The van der Waals surface area contributed by atoms with Gasteiger partial charge in [0.25, 0.3) is 5.91 Å². The van der Waals surface area contributed by atoms with Crippen molar-refractivity contribution in [3.63, 3.8) is 0 Å². The smallest absolute Gasteiger partial charge is 0.254 e. The summed E-state index contributed by atoms with van der Waals surface area (Å²) in [6, 6.07) is 3.81. The maximum absolute atomic E-state index is 12.7. The van der Waals surface area contributed by atoms with Crippen molar-refractivity contribution in [2.24, 2.45) is 0 Å². The number of nitrogens with zero attached hydrogens (tertiary/aromatic N) is 2. The van der Waals surface area contributed by atoms with E-state index in [-0.39, 0.29) is 5.91 Å². The molecule has 1 N–H and O–H groups in total. The summed E-state index contributed by atoms with van der Waals surface area (Å²) in [5.41, 5.74) is 1.70. The highest BCUT2D eigenvalue weighted by Crippen LogP contribution is 2.19. The second kappa shape index (κ2) is 8.65. The molecular weight excluding hydrogens is 262 g/mol. The van der Waals surface area contributed by atoms with Crippen molar-refractivity contribution in [3.8, 4) is 0 Å². The first-order valence-electron chi connectivity index (χ1n) is 8.08. The lowest BCUT2D eigenvalue weighted by Crippen LogP contribution is -2.32. The Bertz CT molecular complexity index is 451. The predicted octanol–water partition coefficient (Wildman–Crippen LogP) is 3.90. The van der Waals surface area contributed by atoms with E-state index in [9.17, 15) is 4.79 Å². The Kier molecular flexibility index (Phi) is 7.20. The average molecular weight is 291 g/mol. The van der Waals surface area contributed by atoms with E-state index < -0.39 is 0 Å². The molecule has 1 rings (SSSR count). The van der Waals surface area contributed by atoms with Crippen molar-refractivity contribution in [1.29, 1.82) is 0 Å². The van der Waals surface area contributed by atoms with Gasteiger partial charge in [0.05, 0.1) is 0 Å². The van der Waals surface area contributed by atoms with Crippen LogP contribution in [0.1, 0.15) is 69.4 Å². The minimum Gasteiger partial charge on any atom is -0.370 e. The van der Waals surface area contributed by atoms with Crippen LogP contribution in [0.2, 0.25) is 0 Å². The van der Waals surface area contributed by atoms with Crippen molar-refractivity contribution in [2.75, 3.05) is 25.0 Å². The maximum atomic E-state index is 12.7. The Morgan fingerprint density at radius 1 is 1.19 bits per heavy atom. The van der Waals surface area contributed by atoms with Crippen LogP contribution in [0.15, 0.2) is 12.1 Å². The molecule has 0 atom stereocenters. The first-order chi connectivity index (χ1) is 10.0. The molecule has 0 fully saturated rings. The molecule has 4 nitrogen and oxygen atoms in total. The summed E-state index contributed by atoms with van der Waals surface area (Å²) < 4.78 is 0. The van der Waals surface area contributed by atoms with Crippen LogP contribution < -0.4 is 5.32 Å². The molecule has 0 bridgehead atoms. The largest absolute Gasteiger partial charge is 0.370 e. The molecule has 1 amide bonds. The van der Waals surface area contributed by atoms with Gasteiger partial charge in [-0.1, -0.05) is 27.7 Å². The van der Waals surface area contributed by atoms with E-state index >= 15 is 0 Å². The van der Waals surface area contributed by atoms with Crippen LogP contribution in [0.3, 0.4) is 0 Å². The lowest BCUT2D eigenvalue weighted by molar-refractivity contribution is 0.0755. The highest BCUT2D eigenvalue weighted by Gasteiger charge is 2.17. The molecule has 0 unspecified atom stereocenters. The third kappa shape index (κ3) is 5.03. The first-order valence-corrected chi connectivity index (χ1v) is 8.08. The number of amides is 1.